The van der Waals surface area contributed by atoms with Gasteiger partial charge in [-0.15, -0.1) is 0 Å². The van der Waals surface area contributed by atoms with Crippen molar-refractivity contribution < 1.29 is 14.4 Å². The van der Waals surface area contributed by atoms with Crippen molar-refractivity contribution in [2.24, 2.45) is 11.8 Å². The molecule has 3 atom stereocenters. The fourth-order valence-electron chi connectivity index (χ4n) is 3.39. The summed E-state index contributed by atoms with van der Waals surface area (Å²) in [5.41, 5.74) is 0. The molecule has 1 aliphatic carbocycles. The normalized spacial score (nSPS) is 31.4. The lowest BCUT2D eigenvalue weighted by atomic mass is 9.82. The number of carbonyl (C=O) groups excluding carboxylic acids is 3. The SMILES string of the molecule is CCCC1C(=O)NC(=O)N(C2CCCC(CC)C2)C1=O. The van der Waals surface area contributed by atoms with E-state index in [4.69, 9.17) is 0 Å². The number of amides is 4. The number of hydrogen-bond donors (Lipinski definition) is 1. The van der Waals surface area contributed by atoms with Crippen LogP contribution in [0.2, 0.25) is 0 Å². The summed E-state index contributed by atoms with van der Waals surface area (Å²) in [6.07, 6.45) is 6.32. The lowest BCUT2D eigenvalue weighted by molar-refractivity contribution is -0.145. The van der Waals surface area contributed by atoms with E-state index in [-0.39, 0.29) is 11.9 Å². The Bertz CT molecular complexity index is 408. The van der Waals surface area contributed by atoms with E-state index in [1.807, 2.05) is 6.92 Å². The Hall–Kier alpha value is -1.39. The zero-order chi connectivity index (χ0) is 14.7. The van der Waals surface area contributed by atoms with E-state index in [0.717, 1.165) is 32.1 Å². The molecule has 1 saturated carbocycles. The number of imide groups is 2. The molecule has 1 saturated heterocycles. The average Bonchev–Trinajstić information content (AvgIpc) is 2.43. The van der Waals surface area contributed by atoms with Crippen molar-refractivity contribution in [3.05, 3.63) is 0 Å². The highest BCUT2D eigenvalue weighted by Crippen LogP contribution is 2.31. The Morgan fingerprint density at radius 1 is 1.20 bits per heavy atom. The van der Waals surface area contributed by atoms with E-state index in [9.17, 15) is 14.4 Å². The van der Waals surface area contributed by atoms with E-state index >= 15 is 0 Å². The monoisotopic (exact) mass is 280 g/mol. The van der Waals surface area contributed by atoms with Crippen molar-refractivity contribution in [3.63, 3.8) is 0 Å². The van der Waals surface area contributed by atoms with Crippen molar-refractivity contribution >= 4 is 17.8 Å². The van der Waals surface area contributed by atoms with Gasteiger partial charge in [0.2, 0.25) is 11.8 Å². The molecular formula is C15H24N2O3. The largest absolute Gasteiger partial charge is 0.331 e. The Balaban J connectivity index is 2.14. The van der Waals surface area contributed by atoms with Gasteiger partial charge in [-0.25, -0.2) is 4.79 Å². The van der Waals surface area contributed by atoms with Crippen LogP contribution in [-0.4, -0.2) is 28.8 Å². The maximum absolute atomic E-state index is 12.5. The standard InChI is InChI=1S/C15H24N2O3/c1-3-6-12-13(18)16-15(20)17(14(12)19)11-8-5-7-10(4-2)9-11/h10-12H,3-9H2,1-2H3,(H,16,18,20). The number of nitrogens with one attached hydrogen (secondary N) is 1. The van der Waals surface area contributed by atoms with Crippen LogP contribution in [0, 0.1) is 11.8 Å². The number of urea groups is 1. The predicted octanol–water partition coefficient (Wildman–Crippen LogP) is 2.45. The summed E-state index contributed by atoms with van der Waals surface area (Å²) in [5.74, 6) is -0.820. The molecule has 1 aliphatic heterocycles. The molecule has 0 aromatic rings. The second kappa shape index (κ2) is 6.37. The third kappa shape index (κ3) is 2.86. The zero-order valence-corrected chi connectivity index (χ0v) is 12.4. The van der Waals surface area contributed by atoms with Gasteiger partial charge >= 0.3 is 6.03 Å². The Labute approximate surface area is 120 Å². The van der Waals surface area contributed by atoms with Gasteiger partial charge in [-0.3, -0.25) is 19.8 Å². The van der Waals surface area contributed by atoms with Gasteiger partial charge in [0.05, 0.1) is 0 Å². The Morgan fingerprint density at radius 2 is 1.95 bits per heavy atom. The number of hydrogen-bond acceptors (Lipinski definition) is 3. The highest BCUT2D eigenvalue weighted by molar-refractivity contribution is 6.16. The van der Waals surface area contributed by atoms with Crippen LogP contribution in [0.4, 0.5) is 4.79 Å². The summed E-state index contributed by atoms with van der Waals surface area (Å²) in [6, 6.07) is -0.553. The summed E-state index contributed by atoms with van der Waals surface area (Å²) in [7, 11) is 0. The topological polar surface area (TPSA) is 66.5 Å². The molecule has 4 amide bonds. The van der Waals surface area contributed by atoms with Crippen molar-refractivity contribution in [3.8, 4) is 0 Å². The molecule has 2 aliphatic rings. The molecule has 112 valence electrons. The first-order valence-corrected chi connectivity index (χ1v) is 7.76. The molecule has 0 aromatic carbocycles. The third-order valence-electron chi connectivity index (χ3n) is 4.58. The fourth-order valence-corrected chi connectivity index (χ4v) is 3.39. The molecular weight excluding hydrogens is 256 g/mol. The minimum atomic E-state index is -0.681. The van der Waals surface area contributed by atoms with Crippen LogP contribution in [0.25, 0.3) is 0 Å². The Morgan fingerprint density at radius 3 is 2.60 bits per heavy atom. The number of carbonyl (C=O) groups is 3. The first-order valence-electron chi connectivity index (χ1n) is 7.76. The molecule has 0 spiro atoms. The molecule has 20 heavy (non-hydrogen) atoms. The Kier molecular flexibility index (Phi) is 4.78. The molecule has 3 unspecified atom stereocenters. The lowest BCUT2D eigenvalue weighted by Crippen LogP contribution is -2.61. The van der Waals surface area contributed by atoms with Crippen LogP contribution in [0.3, 0.4) is 0 Å². The molecule has 1 heterocycles. The first-order chi connectivity index (χ1) is 9.58. The molecule has 5 heteroatoms. The zero-order valence-electron chi connectivity index (χ0n) is 12.4. The number of barbiturate groups is 1. The van der Waals surface area contributed by atoms with Gasteiger partial charge < -0.3 is 0 Å². The second-order valence-corrected chi connectivity index (χ2v) is 5.94. The first kappa shape index (κ1) is 15.0. The minimum absolute atomic E-state index is 0.0337. The van der Waals surface area contributed by atoms with Crippen LogP contribution < -0.4 is 5.32 Å². The predicted molar refractivity (Wildman–Crippen MR) is 74.8 cm³/mol. The lowest BCUT2D eigenvalue weighted by Gasteiger charge is -2.39. The summed E-state index contributed by atoms with van der Waals surface area (Å²) < 4.78 is 0. The van der Waals surface area contributed by atoms with E-state index < -0.39 is 17.9 Å². The molecule has 2 rings (SSSR count). The fraction of sp³-hybridized carbons (Fsp3) is 0.800. The highest BCUT2D eigenvalue weighted by atomic mass is 16.2. The number of nitrogens with zero attached hydrogens (tertiary/aromatic N) is 1. The maximum Gasteiger partial charge on any atom is 0.331 e. The van der Waals surface area contributed by atoms with Crippen molar-refractivity contribution in [1.82, 2.24) is 10.2 Å². The van der Waals surface area contributed by atoms with Gasteiger partial charge in [0.15, 0.2) is 0 Å². The summed E-state index contributed by atoms with van der Waals surface area (Å²) >= 11 is 0. The van der Waals surface area contributed by atoms with Gasteiger partial charge in [0.1, 0.15) is 5.92 Å². The quantitative estimate of drug-likeness (QED) is 0.804. The molecule has 5 nitrogen and oxygen atoms in total. The van der Waals surface area contributed by atoms with E-state index in [1.165, 1.54) is 11.3 Å². The molecule has 0 aromatic heterocycles. The summed E-state index contributed by atoms with van der Waals surface area (Å²) in [5, 5.41) is 2.35. The van der Waals surface area contributed by atoms with Crippen LogP contribution in [0.15, 0.2) is 0 Å². The minimum Gasteiger partial charge on any atom is -0.277 e. The van der Waals surface area contributed by atoms with Gasteiger partial charge in [-0.1, -0.05) is 39.5 Å². The van der Waals surface area contributed by atoms with Crippen LogP contribution in [-0.2, 0) is 9.59 Å². The number of rotatable bonds is 4. The molecule has 0 bridgehead atoms. The summed E-state index contributed by atoms with van der Waals surface area (Å²) in [6.45, 7) is 4.09. The van der Waals surface area contributed by atoms with Crippen LogP contribution in [0.5, 0.6) is 0 Å². The van der Waals surface area contributed by atoms with E-state index in [0.29, 0.717) is 12.3 Å². The van der Waals surface area contributed by atoms with E-state index in [2.05, 4.69) is 12.2 Å². The van der Waals surface area contributed by atoms with Crippen LogP contribution >= 0.6 is 0 Å². The van der Waals surface area contributed by atoms with Gasteiger partial charge in [-0.2, -0.15) is 0 Å². The average molecular weight is 280 g/mol. The smallest absolute Gasteiger partial charge is 0.277 e. The van der Waals surface area contributed by atoms with Crippen molar-refractivity contribution in [2.45, 2.75) is 64.8 Å². The van der Waals surface area contributed by atoms with E-state index in [1.54, 1.807) is 0 Å². The third-order valence-corrected chi connectivity index (χ3v) is 4.58. The molecule has 0 radical (unpaired) electrons. The van der Waals surface area contributed by atoms with Crippen molar-refractivity contribution in [1.29, 1.82) is 0 Å². The van der Waals surface area contributed by atoms with Crippen molar-refractivity contribution in [2.75, 3.05) is 0 Å². The second-order valence-electron chi connectivity index (χ2n) is 5.94. The van der Waals surface area contributed by atoms with Crippen LogP contribution in [0.1, 0.15) is 58.8 Å². The van der Waals surface area contributed by atoms with Gasteiger partial charge in [-0.05, 0) is 25.2 Å². The highest BCUT2D eigenvalue weighted by Gasteiger charge is 2.43. The summed E-state index contributed by atoms with van der Waals surface area (Å²) in [4.78, 5) is 37.6. The van der Waals surface area contributed by atoms with Gasteiger partial charge in [0.25, 0.3) is 0 Å². The van der Waals surface area contributed by atoms with Gasteiger partial charge in [0, 0.05) is 6.04 Å². The maximum atomic E-state index is 12.5. The molecule has 1 N–H and O–H groups in total. The molecule has 2 fully saturated rings.